The van der Waals surface area contributed by atoms with E-state index in [1.165, 1.54) is 0 Å². The minimum absolute atomic E-state index is 0.0969. The summed E-state index contributed by atoms with van der Waals surface area (Å²) in [5, 5.41) is 2.87. The molecule has 7 heteroatoms. The molecular weight excluding hydrogens is 296 g/mol. The number of aromatic nitrogens is 3. The average molecular weight is 316 g/mol. The molecule has 122 valence electrons. The molecule has 7 nitrogen and oxygen atoms in total. The van der Waals surface area contributed by atoms with Gasteiger partial charge in [0.15, 0.2) is 0 Å². The summed E-state index contributed by atoms with van der Waals surface area (Å²) in [6, 6.07) is 3.60. The molecule has 0 spiro atoms. The van der Waals surface area contributed by atoms with Gasteiger partial charge in [-0.1, -0.05) is 13.0 Å². The predicted molar refractivity (Wildman–Crippen MR) is 86.3 cm³/mol. The largest absolute Gasteiger partial charge is 0.347 e. The smallest absolute Gasteiger partial charge is 0.325 e. The third-order valence-corrected chi connectivity index (χ3v) is 3.63. The average Bonchev–Trinajstić information content (AvgIpc) is 2.49. The molecule has 1 atom stereocenters. The summed E-state index contributed by atoms with van der Waals surface area (Å²) in [5.74, 6) is -0.292. The number of hydrogen-bond acceptors (Lipinski definition) is 4. The molecule has 2 aromatic rings. The molecule has 2 aromatic heterocycles. The van der Waals surface area contributed by atoms with Crippen molar-refractivity contribution in [2.24, 2.45) is 0 Å². The number of hydrogen-bond donors (Lipinski definition) is 3. The van der Waals surface area contributed by atoms with Crippen LogP contribution in [0.2, 0.25) is 0 Å². The molecule has 0 bridgehead atoms. The summed E-state index contributed by atoms with van der Waals surface area (Å²) in [4.78, 5) is 44.1. The van der Waals surface area contributed by atoms with E-state index >= 15 is 0 Å². The first-order valence-electron chi connectivity index (χ1n) is 7.44. The molecule has 0 saturated carbocycles. The fourth-order valence-corrected chi connectivity index (χ4v) is 2.32. The van der Waals surface area contributed by atoms with Crippen LogP contribution in [0.5, 0.6) is 0 Å². The first-order chi connectivity index (χ1) is 10.9. The third kappa shape index (κ3) is 4.15. The van der Waals surface area contributed by atoms with Gasteiger partial charge in [-0.15, -0.1) is 0 Å². The van der Waals surface area contributed by atoms with E-state index in [1.807, 2.05) is 26.0 Å². The summed E-state index contributed by atoms with van der Waals surface area (Å²) in [6.07, 6.45) is 2.34. The second-order valence-electron chi connectivity index (χ2n) is 5.48. The maximum absolute atomic E-state index is 12.2. The van der Waals surface area contributed by atoms with Crippen LogP contribution in [0.3, 0.4) is 0 Å². The van der Waals surface area contributed by atoms with Gasteiger partial charge < -0.3 is 10.3 Å². The Morgan fingerprint density at radius 1 is 1.26 bits per heavy atom. The molecule has 0 radical (unpaired) electrons. The lowest BCUT2D eigenvalue weighted by molar-refractivity contribution is -0.121. The fourth-order valence-electron chi connectivity index (χ4n) is 2.32. The highest BCUT2D eigenvalue weighted by atomic mass is 16.2. The van der Waals surface area contributed by atoms with E-state index in [1.54, 1.807) is 13.1 Å². The zero-order valence-electron chi connectivity index (χ0n) is 13.4. The number of amides is 1. The zero-order chi connectivity index (χ0) is 17.0. The lowest BCUT2D eigenvalue weighted by atomic mass is 10.1. The van der Waals surface area contributed by atoms with Gasteiger partial charge in [0.25, 0.3) is 5.56 Å². The van der Waals surface area contributed by atoms with Crippen LogP contribution in [0.25, 0.3) is 0 Å². The standard InChI is InChI=1S/C16H20N4O3/c1-4-12(13-6-5-9(2)8-17-13)19-14(21)7-11-10(3)18-16(23)20-15(11)22/h5-6,8,12H,4,7H2,1-3H3,(H,19,21)(H2,18,20,22,23). The topological polar surface area (TPSA) is 108 Å². The predicted octanol–water partition coefficient (Wildman–Crippen LogP) is 0.885. The lowest BCUT2D eigenvalue weighted by Crippen LogP contribution is -2.34. The van der Waals surface area contributed by atoms with Crippen molar-refractivity contribution in [1.82, 2.24) is 20.3 Å². The van der Waals surface area contributed by atoms with Crippen LogP contribution < -0.4 is 16.6 Å². The summed E-state index contributed by atoms with van der Waals surface area (Å²) in [7, 11) is 0. The highest BCUT2D eigenvalue weighted by Crippen LogP contribution is 2.14. The number of nitrogens with one attached hydrogen (secondary N) is 3. The van der Waals surface area contributed by atoms with Gasteiger partial charge >= 0.3 is 5.69 Å². The van der Waals surface area contributed by atoms with E-state index in [9.17, 15) is 14.4 Å². The van der Waals surface area contributed by atoms with E-state index in [4.69, 9.17) is 0 Å². The number of aromatic amines is 2. The van der Waals surface area contributed by atoms with Gasteiger partial charge in [-0.25, -0.2) is 4.79 Å². The van der Waals surface area contributed by atoms with Crippen molar-refractivity contribution in [2.75, 3.05) is 0 Å². The molecule has 2 heterocycles. The zero-order valence-corrected chi connectivity index (χ0v) is 13.4. The molecule has 3 N–H and O–H groups in total. The van der Waals surface area contributed by atoms with Crippen molar-refractivity contribution in [3.63, 3.8) is 0 Å². The van der Waals surface area contributed by atoms with Crippen molar-refractivity contribution < 1.29 is 4.79 Å². The second kappa shape index (κ2) is 7.04. The van der Waals surface area contributed by atoms with Crippen LogP contribution in [0.1, 0.15) is 41.9 Å². The first kappa shape index (κ1) is 16.7. The van der Waals surface area contributed by atoms with Gasteiger partial charge in [0.1, 0.15) is 0 Å². The third-order valence-electron chi connectivity index (χ3n) is 3.63. The summed E-state index contributed by atoms with van der Waals surface area (Å²) in [6.45, 7) is 5.49. The molecule has 1 unspecified atom stereocenters. The highest BCUT2D eigenvalue weighted by molar-refractivity contribution is 5.79. The molecule has 1 amide bonds. The van der Waals surface area contributed by atoms with Crippen molar-refractivity contribution >= 4 is 5.91 Å². The maximum Gasteiger partial charge on any atom is 0.325 e. The Hall–Kier alpha value is -2.70. The number of nitrogens with zero attached hydrogens (tertiary/aromatic N) is 1. The molecule has 0 saturated heterocycles. The van der Waals surface area contributed by atoms with Crippen LogP contribution in [0.4, 0.5) is 0 Å². The minimum Gasteiger partial charge on any atom is -0.347 e. The Morgan fingerprint density at radius 2 is 2.00 bits per heavy atom. The molecule has 0 aliphatic heterocycles. The number of aryl methyl sites for hydroxylation is 2. The molecule has 2 rings (SSSR count). The van der Waals surface area contributed by atoms with Gasteiger partial charge in [-0.2, -0.15) is 0 Å². The number of H-pyrrole nitrogens is 2. The molecule has 0 fully saturated rings. The van der Waals surface area contributed by atoms with E-state index in [-0.39, 0.29) is 23.9 Å². The van der Waals surface area contributed by atoms with Crippen LogP contribution in [-0.4, -0.2) is 20.9 Å². The Balaban J connectivity index is 2.13. The van der Waals surface area contributed by atoms with E-state index < -0.39 is 11.2 Å². The Kier molecular flexibility index (Phi) is 5.10. The first-order valence-corrected chi connectivity index (χ1v) is 7.44. The summed E-state index contributed by atoms with van der Waals surface area (Å²) in [5.41, 5.74) is 1.36. The van der Waals surface area contributed by atoms with Crippen molar-refractivity contribution in [3.05, 3.63) is 61.7 Å². The maximum atomic E-state index is 12.2. The normalized spacial score (nSPS) is 12.0. The van der Waals surface area contributed by atoms with E-state index in [0.29, 0.717) is 12.1 Å². The molecule has 0 aromatic carbocycles. The van der Waals surface area contributed by atoms with Crippen molar-refractivity contribution in [1.29, 1.82) is 0 Å². The van der Waals surface area contributed by atoms with E-state index in [0.717, 1.165) is 11.3 Å². The second-order valence-corrected chi connectivity index (χ2v) is 5.48. The van der Waals surface area contributed by atoms with Crippen molar-refractivity contribution in [3.8, 4) is 0 Å². The summed E-state index contributed by atoms with van der Waals surface area (Å²) >= 11 is 0. The van der Waals surface area contributed by atoms with E-state index in [2.05, 4.69) is 20.3 Å². The number of pyridine rings is 1. The summed E-state index contributed by atoms with van der Waals surface area (Å²) < 4.78 is 0. The van der Waals surface area contributed by atoms with Gasteiger partial charge in [0.2, 0.25) is 5.91 Å². The Bertz CT molecular complexity index is 805. The SMILES string of the molecule is CCC(NC(=O)Cc1c(C)[nH]c(=O)[nH]c1=O)c1ccc(C)cn1. The van der Waals surface area contributed by atoms with Crippen LogP contribution >= 0.6 is 0 Å². The molecule has 23 heavy (non-hydrogen) atoms. The van der Waals surface area contributed by atoms with Crippen molar-refractivity contribution in [2.45, 2.75) is 39.7 Å². The minimum atomic E-state index is -0.577. The molecular formula is C16H20N4O3. The number of carbonyl (C=O) groups is 1. The fraction of sp³-hybridized carbons (Fsp3) is 0.375. The monoisotopic (exact) mass is 316 g/mol. The molecule has 0 aliphatic rings. The van der Waals surface area contributed by atoms with Gasteiger partial charge in [-0.3, -0.25) is 19.6 Å². The molecule has 0 aliphatic carbocycles. The Morgan fingerprint density at radius 3 is 2.57 bits per heavy atom. The number of rotatable bonds is 5. The van der Waals surface area contributed by atoms with Gasteiger partial charge in [0.05, 0.1) is 18.2 Å². The van der Waals surface area contributed by atoms with Crippen LogP contribution in [-0.2, 0) is 11.2 Å². The van der Waals surface area contributed by atoms with Crippen LogP contribution in [0, 0.1) is 13.8 Å². The van der Waals surface area contributed by atoms with Gasteiger partial charge in [0, 0.05) is 17.5 Å². The highest BCUT2D eigenvalue weighted by Gasteiger charge is 2.16. The Labute approximate surface area is 133 Å². The van der Waals surface area contributed by atoms with Gasteiger partial charge in [-0.05, 0) is 31.9 Å². The quantitative estimate of drug-likeness (QED) is 0.761. The lowest BCUT2D eigenvalue weighted by Gasteiger charge is -2.17. The number of carbonyl (C=O) groups excluding carboxylic acids is 1. The van der Waals surface area contributed by atoms with Crippen LogP contribution in [0.15, 0.2) is 27.9 Å².